The molecule has 82 valence electrons. The molecule has 0 heterocycles. The van der Waals surface area contributed by atoms with E-state index in [1.165, 1.54) is 31.9 Å². The van der Waals surface area contributed by atoms with E-state index in [1.807, 2.05) is 0 Å². The van der Waals surface area contributed by atoms with Gasteiger partial charge in [0.25, 0.3) is 0 Å². The highest BCUT2D eigenvalue weighted by Gasteiger charge is 2.42. The average Bonchev–Trinajstić information content (AvgIpc) is 2.59. The van der Waals surface area contributed by atoms with Gasteiger partial charge >= 0.3 is 0 Å². The van der Waals surface area contributed by atoms with Crippen molar-refractivity contribution in [3.05, 3.63) is 0 Å². The molecular weight excluding hydrogens is 198 g/mol. The molecular formula is C10H19NO2S. The van der Waals surface area contributed by atoms with Gasteiger partial charge in [-0.2, -0.15) is 0 Å². The van der Waals surface area contributed by atoms with E-state index in [-0.39, 0.29) is 11.8 Å². The molecule has 2 saturated carbocycles. The largest absolute Gasteiger partial charge is 0.327 e. The van der Waals surface area contributed by atoms with Crippen molar-refractivity contribution in [2.24, 2.45) is 23.5 Å². The SMILES string of the molecule is CS(=O)(=O)CC(N)C1CC2CCC1C2. The third-order valence-electron chi connectivity index (χ3n) is 3.84. The molecule has 0 aromatic heterocycles. The first-order chi connectivity index (χ1) is 6.46. The Labute approximate surface area is 86.0 Å². The second-order valence-corrected chi connectivity index (χ2v) is 7.28. The van der Waals surface area contributed by atoms with Crippen LogP contribution < -0.4 is 5.73 Å². The summed E-state index contributed by atoms with van der Waals surface area (Å²) in [6, 6.07) is -0.125. The molecule has 14 heavy (non-hydrogen) atoms. The van der Waals surface area contributed by atoms with E-state index in [2.05, 4.69) is 0 Å². The maximum atomic E-state index is 11.1. The molecule has 2 aliphatic rings. The fourth-order valence-corrected chi connectivity index (χ4v) is 4.24. The molecule has 3 nitrogen and oxygen atoms in total. The fraction of sp³-hybridized carbons (Fsp3) is 1.00. The Morgan fingerprint density at radius 2 is 2.07 bits per heavy atom. The van der Waals surface area contributed by atoms with Crippen molar-refractivity contribution in [1.82, 2.24) is 0 Å². The first-order valence-corrected chi connectivity index (χ1v) is 7.45. The lowest BCUT2D eigenvalue weighted by Gasteiger charge is -2.27. The van der Waals surface area contributed by atoms with Crippen LogP contribution in [0.1, 0.15) is 25.7 Å². The summed E-state index contributed by atoms with van der Waals surface area (Å²) in [6.07, 6.45) is 6.35. The normalized spacial score (nSPS) is 38.9. The van der Waals surface area contributed by atoms with Crippen LogP contribution in [0, 0.1) is 17.8 Å². The van der Waals surface area contributed by atoms with Crippen LogP contribution in [0.3, 0.4) is 0 Å². The lowest BCUT2D eigenvalue weighted by atomic mass is 9.84. The van der Waals surface area contributed by atoms with E-state index in [0.29, 0.717) is 5.92 Å². The van der Waals surface area contributed by atoms with E-state index >= 15 is 0 Å². The summed E-state index contributed by atoms with van der Waals surface area (Å²) in [5.41, 5.74) is 5.97. The summed E-state index contributed by atoms with van der Waals surface area (Å²) in [6.45, 7) is 0. The standard InChI is InChI=1S/C10H19NO2S/c1-14(12,13)6-10(11)9-5-7-2-3-8(9)4-7/h7-10H,2-6,11H2,1H3. The highest BCUT2D eigenvalue weighted by Crippen LogP contribution is 2.49. The van der Waals surface area contributed by atoms with Gasteiger partial charge in [0.05, 0.1) is 5.75 Å². The number of hydrogen-bond acceptors (Lipinski definition) is 3. The van der Waals surface area contributed by atoms with Crippen LogP contribution in [0.25, 0.3) is 0 Å². The van der Waals surface area contributed by atoms with Crippen LogP contribution in [0.2, 0.25) is 0 Å². The lowest BCUT2D eigenvalue weighted by molar-refractivity contribution is 0.293. The number of fused-ring (bicyclic) bond motifs is 2. The summed E-state index contributed by atoms with van der Waals surface area (Å²) in [5, 5.41) is 0. The minimum atomic E-state index is -2.90. The summed E-state index contributed by atoms with van der Waals surface area (Å²) >= 11 is 0. The molecule has 2 fully saturated rings. The Bertz CT molecular complexity index is 312. The second kappa shape index (κ2) is 3.49. The van der Waals surface area contributed by atoms with Crippen molar-refractivity contribution in [3.63, 3.8) is 0 Å². The monoisotopic (exact) mass is 217 g/mol. The van der Waals surface area contributed by atoms with Gasteiger partial charge in [0, 0.05) is 12.3 Å². The Hall–Kier alpha value is -0.0900. The van der Waals surface area contributed by atoms with Gasteiger partial charge in [0.1, 0.15) is 9.84 Å². The van der Waals surface area contributed by atoms with Crippen molar-refractivity contribution in [2.45, 2.75) is 31.7 Å². The predicted octanol–water partition coefficient (Wildman–Crippen LogP) is 0.794. The molecule has 4 atom stereocenters. The van der Waals surface area contributed by atoms with Crippen molar-refractivity contribution in [1.29, 1.82) is 0 Å². The summed E-state index contributed by atoms with van der Waals surface area (Å²) < 4.78 is 22.2. The Morgan fingerprint density at radius 1 is 1.36 bits per heavy atom. The van der Waals surface area contributed by atoms with Gasteiger partial charge in [-0.15, -0.1) is 0 Å². The molecule has 2 N–H and O–H groups in total. The molecule has 2 rings (SSSR count). The summed E-state index contributed by atoms with van der Waals surface area (Å²) in [5.74, 6) is 2.21. The van der Waals surface area contributed by atoms with E-state index < -0.39 is 9.84 Å². The Morgan fingerprint density at radius 3 is 2.50 bits per heavy atom. The van der Waals surface area contributed by atoms with Gasteiger partial charge in [0.2, 0.25) is 0 Å². The highest BCUT2D eigenvalue weighted by atomic mass is 32.2. The molecule has 2 aliphatic carbocycles. The van der Waals surface area contributed by atoms with E-state index in [4.69, 9.17) is 5.73 Å². The molecule has 0 saturated heterocycles. The van der Waals surface area contributed by atoms with Gasteiger partial charge in [0.15, 0.2) is 0 Å². The third-order valence-corrected chi connectivity index (χ3v) is 4.83. The quantitative estimate of drug-likeness (QED) is 0.760. The van der Waals surface area contributed by atoms with Crippen LogP contribution >= 0.6 is 0 Å². The van der Waals surface area contributed by atoms with E-state index in [9.17, 15) is 8.42 Å². The van der Waals surface area contributed by atoms with Gasteiger partial charge < -0.3 is 5.73 Å². The minimum absolute atomic E-state index is 0.125. The molecule has 0 radical (unpaired) electrons. The molecule has 0 aliphatic heterocycles. The smallest absolute Gasteiger partial charge is 0.148 e. The molecule has 0 amide bonds. The van der Waals surface area contributed by atoms with Crippen molar-refractivity contribution < 1.29 is 8.42 Å². The van der Waals surface area contributed by atoms with Crippen molar-refractivity contribution >= 4 is 9.84 Å². The Kier molecular flexibility index (Phi) is 2.60. The van der Waals surface area contributed by atoms with Gasteiger partial charge in [-0.05, 0) is 37.0 Å². The molecule has 4 heteroatoms. The zero-order valence-corrected chi connectivity index (χ0v) is 9.46. The van der Waals surface area contributed by atoms with Crippen LogP contribution in [-0.2, 0) is 9.84 Å². The zero-order valence-electron chi connectivity index (χ0n) is 8.65. The lowest BCUT2D eigenvalue weighted by Crippen LogP contribution is -2.39. The average molecular weight is 217 g/mol. The van der Waals surface area contributed by atoms with Crippen LogP contribution in [0.15, 0.2) is 0 Å². The van der Waals surface area contributed by atoms with Crippen molar-refractivity contribution in [2.75, 3.05) is 12.0 Å². The predicted molar refractivity (Wildman–Crippen MR) is 56.6 cm³/mol. The van der Waals surface area contributed by atoms with Gasteiger partial charge in [-0.25, -0.2) is 8.42 Å². The van der Waals surface area contributed by atoms with Gasteiger partial charge in [-0.1, -0.05) is 6.42 Å². The van der Waals surface area contributed by atoms with Gasteiger partial charge in [-0.3, -0.25) is 0 Å². The van der Waals surface area contributed by atoms with Crippen LogP contribution in [0.5, 0.6) is 0 Å². The number of hydrogen-bond donors (Lipinski definition) is 1. The number of sulfone groups is 1. The first kappa shape index (κ1) is 10.4. The molecule has 0 aromatic rings. The van der Waals surface area contributed by atoms with E-state index in [0.717, 1.165) is 11.8 Å². The van der Waals surface area contributed by atoms with E-state index in [1.54, 1.807) is 0 Å². The molecule has 2 bridgehead atoms. The van der Waals surface area contributed by atoms with Crippen LogP contribution in [-0.4, -0.2) is 26.5 Å². The maximum absolute atomic E-state index is 11.1. The number of nitrogens with two attached hydrogens (primary N) is 1. The second-order valence-electron chi connectivity index (χ2n) is 5.09. The van der Waals surface area contributed by atoms with Crippen molar-refractivity contribution in [3.8, 4) is 0 Å². The molecule has 4 unspecified atom stereocenters. The zero-order chi connectivity index (χ0) is 10.3. The summed E-state index contributed by atoms with van der Waals surface area (Å²) in [4.78, 5) is 0. The Balaban J connectivity index is 1.96. The third kappa shape index (κ3) is 2.11. The fourth-order valence-electron chi connectivity index (χ4n) is 3.29. The number of rotatable bonds is 3. The topological polar surface area (TPSA) is 60.2 Å². The maximum Gasteiger partial charge on any atom is 0.148 e. The molecule has 0 spiro atoms. The van der Waals surface area contributed by atoms with Crippen LogP contribution in [0.4, 0.5) is 0 Å². The first-order valence-electron chi connectivity index (χ1n) is 5.39. The minimum Gasteiger partial charge on any atom is -0.327 e. The highest BCUT2D eigenvalue weighted by molar-refractivity contribution is 7.90. The summed E-state index contributed by atoms with van der Waals surface area (Å²) in [7, 11) is -2.90. The molecule has 0 aromatic carbocycles.